The van der Waals surface area contributed by atoms with Gasteiger partial charge in [-0.15, -0.1) is 11.3 Å². The van der Waals surface area contributed by atoms with Gasteiger partial charge in [0.15, 0.2) is 0 Å². The van der Waals surface area contributed by atoms with Crippen molar-refractivity contribution in [1.29, 1.82) is 0 Å². The molecule has 6 heteroatoms. The zero-order valence-corrected chi connectivity index (χ0v) is 15.9. The predicted molar refractivity (Wildman–Crippen MR) is 95.4 cm³/mol. The van der Waals surface area contributed by atoms with E-state index in [-0.39, 0.29) is 0 Å². The summed E-state index contributed by atoms with van der Waals surface area (Å²) >= 11 is 14.7. The van der Waals surface area contributed by atoms with Crippen molar-refractivity contribution in [2.75, 3.05) is 0 Å². The maximum absolute atomic E-state index is 5.93. The van der Waals surface area contributed by atoms with E-state index in [0.29, 0.717) is 12.6 Å². The van der Waals surface area contributed by atoms with Crippen molar-refractivity contribution in [3.05, 3.63) is 48.0 Å². The molecule has 0 radical (unpaired) electrons. The lowest BCUT2D eigenvalue weighted by atomic mass is 10.2. The fourth-order valence-electron chi connectivity index (χ4n) is 1.97. The van der Waals surface area contributed by atoms with Gasteiger partial charge in [-0.25, -0.2) is 0 Å². The van der Waals surface area contributed by atoms with E-state index in [2.05, 4.69) is 49.3 Å². The molecule has 1 heterocycles. The van der Waals surface area contributed by atoms with Crippen LogP contribution in [0.2, 0.25) is 4.34 Å². The minimum Gasteiger partial charge on any atom is -0.486 e. The molecule has 21 heavy (non-hydrogen) atoms. The zero-order valence-electron chi connectivity index (χ0n) is 11.2. The monoisotopic (exact) mass is 449 g/mol. The highest BCUT2D eigenvalue weighted by molar-refractivity contribution is 9.11. The standard InChI is InChI=1S/C15H14Br2ClNOS/c16-12-5-9(7-19-10-1-2-10)6-13(17)15(12)20-8-11-3-4-14(18)21-11/h3-6,10,19H,1-2,7-8H2. The smallest absolute Gasteiger partial charge is 0.148 e. The Morgan fingerprint density at radius 1 is 1.24 bits per heavy atom. The lowest BCUT2D eigenvalue weighted by Gasteiger charge is -2.12. The summed E-state index contributed by atoms with van der Waals surface area (Å²) in [6.45, 7) is 1.41. The summed E-state index contributed by atoms with van der Waals surface area (Å²) in [5.74, 6) is 0.828. The molecule has 2 nitrogen and oxygen atoms in total. The van der Waals surface area contributed by atoms with Crippen LogP contribution in [0, 0.1) is 0 Å². The van der Waals surface area contributed by atoms with E-state index >= 15 is 0 Å². The normalized spacial score (nSPS) is 14.4. The minimum absolute atomic E-state index is 0.522. The zero-order chi connectivity index (χ0) is 14.8. The molecule has 1 fully saturated rings. The highest BCUT2D eigenvalue weighted by atomic mass is 79.9. The average molecular weight is 452 g/mol. The van der Waals surface area contributed by atoms with Gasteiger partial charge in [0.05, 0.1) is 13.3 Å². The molecule has 3 rings (SSSR count). The summed E-state index contributed by atoms with van der Waals surface area (Å²) in [6.07, 6.45) is 2.60. The van der Waals surface area contributed by atoms with E-state index in [9.17, 15) is 0 Å². The number of hydrogen-bond donors (Lipinski definition) is 1. The third-order valence-corrected chi connectivity index (χ3v) is 5.60. The molecule has 0 aliphatic heterocycles. The summed E-state index contributed by atoms with van der Waals surface area (Å²) in [5, 5.41) is 3.51. The van der Waals surface area contributed by atoms with Gasteiger partial charge in [0.25, 0.3) is 0 Å². The quantitative estimate of drug-likeness (QED) is 0.603. The fraction of sp³-hybridized carbons (Fsp3) is 0.333. The molecular formula is C15H14Br2ClNOS. The summed E-state index contributed by atoms with van der Waals surface area (Å²) in [7, 11) is 0. The minimum atomic E-state index is 0.522. The Labute approximate surface area is 150 Å². The van der Waals surface area contributed by atoms with Crippen molar-refractivity contribution in [2.45, 2.75) is 32.0 Å². The van der Waals surface area contributed by atoms with Gasteiger partial charge in [-0.05, 0) is 74.5 Å². The van der Waals surface area contributed by atoms with Gasteiger partial charge in [-0.2, -0.15) is 0 Å². The number of nitrogens with one attached hydrogen (secondary N) is 1. The second-order valence-electron chi connectivity index (χ2n) is 5.04. The molecule has 0 atom stereocenters. The van der Waals surface area contributed by atoms with Crippen LogP contribution < -0.4 is 10.1 Å². The largest absolute Gasteiger partial charge is 0.486 e. The van der Waals surface area contributed by atoms with Crippen LogP contribution in [-0.2, 0) is 13.2 Å². The van der Waals surface area contributed by atoms with Crippen molar-refractivity contribution >= 4 is 54.8 Å². The summed E-state index contributed by atoms with van der Waals surface area (Å²) in [5.41, 5.74) is 1.24. The molecule has 0 spiro atoms. The summed E-state index contributed by atoms with van der Waals surface area (Å²) in [6, 6.07) is 8.81. The van der Waals surface area contributed by atoms with E-state index in [1.54, 1.807) is 0 Å². The third kappa shape index (κ3) is 4.45. The van der Waals surface area contributed by atoms with Crippen LogP contribution in [0.15, 0.2) is 33.2 Å². The van der Waals surface area contributed by atoms with Crippen molar-refractivity contribution in [3.63, 3.8) is 0 Å². The van der Waals surface area contributed by atoms with E-state index in [1.165, 1.54) is 29.7 Å². The fourth-order valence-corrected chi connectivity index (χ4v) is 4.49. The lowest BCUT2D eigenvalue weighted by Crippen LogP contribution is -2.15. The Balaban J connectivity index is 1.66. The van der Waals surface area contributed by atoms with E-state index in [4.69, 9.17) is 16.3 Å². The van der Waals surface area contributed by atoms with Gasteiger partial charge < -0.3 is 10.1 Å². The number of rotatable bonds is 6. The van der Waals surface area contributed by atoms with Gasteiger partial charge in [-0.1, -0.05) is 11.6 Å². The first-order chi connectivity index (χ1) is 10.1. The number of hydrogen-bond acceptors (Lipinski definition) is 3. The van der Waals surface area contributed by atoms with Crippen molar-refractivity contribution in [2.24, 2.45) is 0 Å². The van der Waals surface area contributed by atoms with Crippen LogP contribution >= 0.6 is 54.8 Å². The third-order valence-electron chi connectivity index (χ3n) is 3.22. The van der Waals surface area contributed by atoms with Gasteiger partial charge in [0.2, 0.25) is 0 Å². The second kappa shape index (κ2) is 7.01. The molecule has 1 aliphatic carbocycles. The molecule has 1 saturated carbocycles. The van der Waals surface area contributed by atoms with Crippen molar-refractivity contribution < 1.29 is 4.74 Å². The van der Waals surface area contributed by atoms with Crippen LogP contribution in [0.3, 0.4) is 0 Å². The second-order valence-corrected chi connectivity index (χ2v) is 8.55. The van der Waals surface area contributed by atoms with Crippen LogP contribution in [0.4, 0.5) is 0 Å². The topological polar surface area (TPSA) is 21.3 Å². The van der Waals surface area contributed by atoms with E-state index in [0.717, 1.165) is 30.5 Å². The van der Waals surface area contributed by atoms with Crippen LogP contribution in [0.1, 0.15) is 23.3 Å². The molecule has 1 aromatic carbocycles. The molecule has 0 unspecified atom stereocenters. The molecule has 2 aromatic rings. The first-order valence-corrected chi connectivity index (χ1v) is 9.48. The highest BCUT2D eigenvalue weighted by Crippen LogP contribution is 2.36. The molecule has 1 aliphatic rings. The van der Waals surface area contributed by atoms with Crippen molar-refractivity contribution in [1.82, 2.24) is 5.32 Å². The highest BCUT2D eigenvalue weighted by Gasteiger charge is 2.20. The number of halogens is 3. The summed E-state index contributed by atoms with van der Waals surface area (Å²) < 4.78 is 8.61. The maximum atomic E-state index is 5.93. The van der Waals surface area contributed by atoms with Gasteiger partial charge >= 0.3 is 0 Å². The van der Waals surface area contributed by atoms with Crippen LogP contribution in [0.25, 0.3) is 0 Å². The molecular weight excluding hydrogens is 437 g/mol. The Morgan fingerprint density at radius 3 is 2.52 bits per heavy atom. The first kappa shape index (κ1) is 15.8. The Hall–Kier alpha value is -0.0700. The van der Waals surface area contributed by atoms with Crippen molar-refractivity contribution in [3.8, 4) is 5.75 Å². The maximum Gasteiger partial charge on any atom is 0.148 e. The molecule has 1 N–H and O–H groups in total. The molecule has 0 bridgehead atoms. The Morgan fingerprint density at radius 2 is 1.95 bits per heavy atom. The molecule has 0 amide bonds. The number of ether oxygens (including phenoxy) is 1. The SMILES string of the molecule is Clc1ccc(COc2c(Br)cc(CNC3CC3)cc2Br)s1. The predicted octanol–water partition coefficient (Wildman–Crippen LogP) is 5.76. The Kier molecular flexibility index (Phi) is 5.27. The van der Waals surface area contributed by atoms with E-state index in [1.807, 2.05) is 12.1 Å². The molecule has 112 valence electrons. The van der Waals surface area contributed by atoms with Gasteiger partial charge in [-0.3, -0.25) is 0 Å². The Bertz CT molecular complexity index is 619. The van der Waals surface area contributed by atoms with E-state index < -0.39 is 0 Å². The van der Waals surface area contributed by atoms with Gasteiger partial charge in [0.1, 0.15) is 12.4 Å². The lowest BCUT2D eigenvalue weighted by molar-refractivity contribution is 0.305. The van der Waals surface area contributed by atoms with Crippen LogP contribution in [-0.4, -0.2) is 6.04 Å². The number of benzene rings is 1. The molecule has 1 aromatic heterocycles. The van der Waals surface area contributed by atoms with Crippen LogP contribution in [0.5, 0.6) is 5.75 Å². The average Bonchev–Trinajstić information content (AvgIpc) is 3.17. The first-order valence-electron chi connectivity index (χ1n) is 6.70. The summed E-state index contributed by atoms with van der Waals surface area (Å²) in [4.78, 5) is 1.11. The van der Waals surface area contributed by atoms with Gasteiger partial charge in [0, 0.05) is 17.5 Å². The molecule has 0 saturated heterocycles. The number of thiophene rings is 1.